The molecule has 1 fully saturated rings. The van der Waals surface area contributed by atoms with E-state index < -0.39 is 0 Å². The Morgan fingerprint density at radius 3 is 2.64 bits per heavy atom. The smallest absolute Gasteiger partial charge is 0.00917 e. The minimum Gasteiger partial charge on any atom is -0.313 e. The van der Waals surface area contributed by atoms with E-state index in [0.717, 1.165) is 6.04 Å². The van der Waals surface area contributed by atoms with Crippen LogP contribution in [0.15, 0.2) is 0 Å². The normalized spacial score (nSPS) is 20.1. The molecule has 1 saturated heterocycles. The van der Waals surface area contributed by atoms with Crippen molar-refractivity contribution >= 4 is 11.8 Å². The number of rotatable bonds is 6. The van der Waals surface area contributed by atoms with E-state index in [2.05, 4.69) is 23.4 Å². The summed E-state index contributed by atoms with van der Waals surface area (Å²) in [4.78, 5) is 2.59. The summed E-state index contributed by atoms with van der Waals surface area (Å²) in [5.74, 6) is 1.25. The molecule has 3 heteroatoms. The number of hydrogen-bond donors (Lipinski definition) is 1. The van der Waals surface area contributed by atoms with Gasteiger partial charge in [-0.15, -0.1) is 0 Å². The Balaban J connectivity index is 2.03. The topological polar surface area (TPSA) is 15.3 Å². The first-order valence-electron chi connectivity index (χ1n) is 5.81. The Morgan fingerprint density at radius 1 is 1.36 bits per heavy atom. The minimum absolute atomic E-state index is 0.787. The first-order chi connectivity index (χ1) is 6.86. The molecule has 0 saturated carbocycles. The van der Waals surface area contributed by atoms with Gasteiger partial charge in [0.1, 0.15) is 0 Å². The van der Waals surface area contributed by atoms with Crippen LogP contribution in [0.5, 0.6) is 0 Å². The number of piperidine rings is 1. The van der Waals surface area contributed by atoms with Gasteiger partial charge in [-0.25, -0.2) is 0 Å². The second-order valence-electron chi connectivity index (χ2n) is 4.06. The largest absolute Gasteiger partial charge is 0.313 e. The molecule has 0 bridgehead atoms. The maximum Gasteiger partial charge on any atom is 0.00917 e. The molecular weight excluding hydrogens is 192 g/mol. The molecule has 0 aromatic heterocycles. The molecule has 0 aliphatic carbocycles. The Kier molecular flexibility index (Phi) is 6.65. The van der Waals surface area contributed by atoms with Gasteiger partial charge in [-0.1, -0.05) is 6.92 Å². The summed E-state index contributed by atoms with van der Waals surface area (Å²) in [5.41, 5.74) is 0. The molecule has 0 spiro atoms. The Morgan fingerprint density at radius 2 is 2.07 bits per heavy atom. The fourth-order valence-electron chi connectivity index (χ4n) is 2.04. The van der Waals surface area contributed by atoms with Gasteiger partial charge in [0.15, 0.2) is 0 Å². The first kappa shape index (κ1) is 12.3. The minimum atomic E-state index is 0.787. The van der Waals surface area contributed by atoms with E-state index in [1.54, 1.807) is 0 Å². The van der Waals surface area contributed by atoms with Crippen molar-refractivity contribution in [1.29, 1.82) is 0 Å². The maximum absolute atomic E-state index is 3.64. The van der Waals surface area contributed by atoms with Gasteiger partial charge >= 0.3 is 0 Å². The zero-order chi connectivity index (χ0) is 10.2. The summed E-state index contributed by atoms with van der Waals surface area (Å²) < 4.78 is 0. The van der Waals surface area contributed by atoms with Crippen molar-refractivity contribution in [3.05, 3.63) is 0 Å². The predicted molar refractivity (Wildman–Crippen MR) is 66.1 cm³/mol. The van der Waals surface area contributed by atoms with E-state index in [1.165, 1.54) is 51.2 Å². The summed E-state index contributed by atoms with van der Waals surface area (Å²) in [6.07, 6.45) is 6.15. The van der Waals surface area contributed by atoms with Gasteiger partial charge in [0, 0.05) is 18.3 Å². The summed E-state index contributed by atoms with van der Waals surface area (Å²) in [6, 6.07) is 0.787. The van der Waals surface area contributed by atoms with Crippen LogP contribution in [0.25, 0.3) is 0 Å². The standard InChI is InChI=1S/C11H24N2S/c1-3-7-13-8-4-11(5-9-13)12-6-10-14-2/h11-12H,3-10H2,1-2H3. The van der Waals surface area contributed by atoms with Crippen molar-refractivity contribution in [2.75, 3.05) is 38.2 Å². The van der Waals surface area contributed by atoms with Gasteiger partial charge in [0.05, 0.1) is 0 Å². The molecule has 1 heterocycles. The van der Waals surface area contributed by atoms with E-state index in [0.29, 0.717) is 0 Å². The van der Waals surface area contributed by atoms with Crippen molar-refractivity contribution in [1.82, 2.24) is 10.2 Å². The molecule has 0 aromatic carbocycles. The van der Waals surface area contributed by atoms with E-state index >= 15 is 0 Å². The van der Waals surface area contributed by atoms with Gasteiger partial charge in [-0.3, -0.25) is 0 Å². The number of nitrogens with zero attached hydrogens (tertiary/aromatic N) is 1. The lowest BCUT2D eigenvalue weighted by molar-refractivity contribution is 0.199. The highest BCUT2D eigenvalue weighted by atomic mass is 32.2. The Labute approximate surface area is 92.8 Å². The molecule has 0 amide bonds. The van der Waals surface area contributed by atoms with Gasteiger partial charge in [-0.05, 0) is 45.2 Å². The lowest BCUT2D eigenvalue weighted by Gasteiger charge is -2.32. The highest BCUT2D eigenvalue weighted by Crippen LogP contribution is 2.10. The molecule has 1 rings (SSSR count). The quantitative estimate of drug-likeness (QED) is 0.682. The third-order valence-electron chi connectivity index (χ3n) is 2.87. The Bertz CT molecular complexity index is 133. The zero-order valence-electron chi connectivity index (χ0n) is 9.59. The SMILES string of the molecule is CCCN1CCC(NCCSC)CC1. The lowest BCUT2D eigenvalue weighted by Crippen LogP contribution is -2.43. The molecule has 0 atom stereocenters. The van der Waals surface area contributed by atoms with Crippen LogP contribution in [0.3, 0.4) is 0 Å². The van der Waals surface area contributed by atoms with E-state index in [4.69, 9.17) is 0 Å². The molecule has 14 heavy (non-hydrogen) atoms. The monoisotopic (exact) mass is 216 g/mol. The average molecular weight is 216 g/mol. The molecule has 1 aliphatic rings. The molecule has 1 aliphatic heterocycles. The van der Waals surface area contributed by atoms with Crippen molar-refractivity contribution in [3.63, 3.8) is 0 Å². The van der Waals surface area contributed by atoms with Gasteiger partial charge in [-0.2, -0.15) is 11.8 Å². The molecule has 1 N–H and O–H groups in total. The predicted octanol–water partition coefficient (Wildman–Crippen LogP) is 1.81. The van der Waals surface area contributed by atoms with Gasteiger partial charge in [0.25, 0.3) is 0 Å². The fraction of sp³-hybridized carbons (Fsp3) is 1.00. The van der Waals surface area contributed by atoms with Crippen LogP contribution in [-0.4, -0.2) is 49.1 Å². The Hall–Kier alpha value is 0.270. The van der Waals surface area contributed by atoms with Crippen molar-refractivity contribution in [2.24, 2.45) is 0 Å². The summed E-state index contributed by atoms with van der Waals surface area (Å²) >= 11 is 1.93. The molecule has 84 valence electrons. The maximum atomic E-state index is 3.64. The van der Waals surface area contributed by atoms with Gasteiger partial charge < -0.3 is 10.2 Å². The molecule has 0 unspecified atom stereocenters. The van der Waals surface area contributed by atoms with E-state index in [9.17, 15) is 0 Å². The molecular formula is C11H24N2S. The van der Waals surface area contributed by atoms with Crippen LogP contribution in [0.1, 0.15) is 26.2 Å². The fourth-order valence-corrected chi connectivity index (χ4v) is 2.36. The lowest BCUT2D eigenvalue weighted by atomic mass is 10.1. The summed E-state index contributed by atoms with van der Waals surface area (Å²) in [7, 11) is 0. The van der Waals surface area contributed by atoms with E-state index in [1.807, 2.05) is 11.8 Å². The third-order valence-corrected chi connectivity index (χ3v) is 3.48. The summed E-state index contributed by atoms with van der Waals surface area (Å²) in [5, 5.41) is 3.64. The van der Waals surface area contributed by atoms with E-state index in [-0.39, 0.29) is 0 Å². The highest BCUT2D eigenvalue weighted by Gasteiger charge is 2.17. The second-order valence-corrected chi connectivity index (χ2v) is 5.05. The molecule has 0 radical (unpaired) electrons. The molecule has 2 nitrogen and oxygen atoms in total. The number of hydrogen-bond acceptors (Lipinski definition) is 3. The van der Waals surface area contributed by atoms with Crippen molar-refractivity contribution in [2.45, 2.75) is 32.2 Å². The van der Waals surface area contributed by atoms with Crippen LogP contribution in [0.2, 0.25) is 0 Å². The van der Waals surface area contributed by atoms with Crippen LogP contribution < -0.4 is 5.32 Å². The third kappa shape index (κ3) is 4.67. The summed E-state index contributed by atoms with van der Waals surface area (Å²) in [6.45, 7) is 7.33. The van der Waals surface area contributed by atoms with Crippen molar-refractivity contribution in [3.8, 4) is 0 Å². The molecule has 0 aromatic rings. The second kappa shape index (κ2) is 7.55. The van der Waals surface area contributed by atoms with Crippen LogP contribution in [0.4, 0.5) is 0 Å². The van der Waals surface area contributed by atoms with Crippen LogP contribution in [0, 0.1) is 0 Å². The zero-order valence-corrected chi connectivity index (χ0v) is 10.4. The van der Waals surface area contributed by atoms with Crippen LogP contribution >= 0.6 is 11.8 Å². The first-order valence-corrected chi connectivity index (χ1v) is 7.21. The number of nitrogens with one attached hydrogen (secondary N) is 1. The highest BCUT2D eigenvalue weighted by molar-refractivity contribution is 7.98. The van der Waals surface area contributed by atoms with Gasteiger partial charge in [0.2, 0.25) is 0 Å². The number of likely N-dealkylation sites (tertiary alicyclic amines) is 1. The van der Waals surface area contributed by atoms with Crippen molar-refractivity contribution < 1.29 is 0 Å². The van der Waals surface area contributed by atoms with Crippen LogP contribution in [-0.2, 0) is 0 Å². The average Bonchev–Trinajstić information content (AvgIpc) is 2.21. The number of thioether (sulfide) groups is 1.